The van der Waals surface area contributed by atoms with Crippen LogP contribution in [0.2, 0.25) is 0 Å². The zero-order chi connectivity index (χ0) is 18.7. The minimum atomic E-state index is -0.965. The first kappa shape index (κ1) is 18.3. The zero-order valence-electron chi connectivity index (χ0n) is 14.4. The van der Waals surface area contributed by atoms with Crippen molar-refractivity contribution in [2.75, 3.05) is 24.6 Å². The minimum absolute atomic E-state index is 0.0842. The van der Waals surface area contributed by atoms with Gasteiger partial charge >= 0.3 is 6.09 Å². The van der Waals surface area contributed by atoms with Crippen LogP contribution in [0.15, 0.2) is 24.3 Å². The number of likely N-dealkylation sites (N-methyl/N-ethyl adjacent to an activating group) is 2. The standard InChI is InChI=1S/C17H18FN5O2S/c1-3-20-17(21-4-2)10-25-16(24)23(17)15-22-13(14(18)26-15)12-7-5-11(9-19)6-8-12/h5-8,20-21H,3-4,10H2,1-2H3. The predicted molar refractivity (Wildman–Crippen MR) is 96.1 cm³/mol. The topological polar surface area (TPSA) is 90.3 Å². The molecule has 1 aromatic heterocycles. The van der Waals surface area contributed by atoms with Gasteiger partial charge in [-0.2, -0.15) is 9.65 Å². The number of amides is 1. The molecule has 0 spiro atoms. The van der Waals surface area contributed by atoms with Crippen LogP contribution in [0.3, 0.4) is 0 Å². The number of benzene rings is 1. The highest BCUT2D eigenvalue weighted by atomic mass is 32.1. The Morgan fingerprint density at radius 3 is 2.58 bits per heavy atom. The average Bonchev–Trinajstić information content (AvgIpc) is 3.16. The summed E-state index contributed by atoms with van der Waals surface area (Å²) < 4.78 is 19.7. The number of nitrogens with zero attached hydrogens (tertiary/aromatic N) is 3. The van der Waals surface area contributed by atoms with Crippen molar-refractivity contribution in [2.24, 2.45) is 0 Å². The number of anilines is 1. The van der Waals surface area contributed by atoms with Crippen LogP contribution in [-0.4, -0.2) is 36.6 Å². The van der Waals surface area contributed by atoms with Gasteiger partial charge in [-0.15, -0.1) is 0 Å². The van der Waals surface area contributed by atoms with Crippen LogP contribution in [-0.2, 0) is 4.74 Å². The fourth-order valence-corrected chi connectivity index (χ4v) is 3.75. The molecule has 1 saturated heterocycles. The fourth-order valence-electron chi connectivity index (χ4n) is 2.87. The van der Waals surface area contributed by atoms with Crippen LogP contribution in [0, 0.1) is 16.5 Å². The third-order valence-corrected chi connectivity index (χ3v) is 4.79. The molecule has 26 heavy (non-hydrogen) atoms. The van der Waals surface area contributed by atoms with Gasteiger partial charge in [0.15, 0.2) is 5.79 Å². The van der Waals surface area contributed by atoms with Crippen LogP contribution in [0.4, 0.5) is 14.3 Å². The number of nitriles is 1. The van der Waals surface area contributed by atoms with Crippen molar-refractivity contribution in [1.82, 2.24) is 15.6 Å². The molecule has 1 aliphatic heterocycles. The van der Waals surface area contributed by atoms with Crippen LogP contribution in [0.25, 0.3) is 11.3 Å². The monoisotopic (exact) mass is 375 g/mol. The molecule has 2 N–H and O–H groups in total. The number of carbonyl (C=O) groups excluding carboxylic acids is 1. The molecule has 1 aliphatic rings. The van der Waals surface area contributed by atoms with E-state index in [4.69, 9.17) is 10.00 Å². The minimum Gasteiger partial charge on any atom is -0.444 e. The second-order valence-electron chi connectivity index (χ2n) is 5.62. The second-order valence-corrected chi connectivity index (χ2v) is 6.55. The normalized spacial score (nSPS) is 15.8. The Bertz CT molecular complexity index is 840. The Hall–Kier alpha value is -2.54. The van der Waals surface area contributed by atoms with E-state index in [9.17, 15) is 9.18 Å². The molecule has 7 nitrogen and oxygen atoms in total. The number of ether oxygens (including phenoxy) is 1. The van der Waals surface area contributed by atoms with E-state index in [0.29, 0.717) is 24.2 Å². The highest BCUT2D eigenvalue weighted by molar-refractivity contribution is 7.14. The molecular weight excluding hydrogens is 357 g/mol. The summed E-state index contributed by atoms with van der Waals surface area (Å²) in [6.07, 6.45) is -0.591. The van der Waals surface area contributed by atoms with Gasteiger partial charge in [0.05, 0.1) is 11.6 Å². The molecule has 0 bridgehead atoms. The van der Waals surface area contributed by atoms with E-state index in [-0.39, 0.29) is 17.4 Å². The number of thiazole rings is 1. The molecule has 2 heterocycles. The third kappa shape index (κ3) is 3.14. The number of hydrogen-bond donors (Lipinski definition) is 2. The molecule has 1 aromatic carbocycles. The number of aromatic nitrogens is 1. The molecule has 0 atom stereocenters. The van der Waals surface area contributed by atoms with Crippen molar-refractivity contribution >= 4 is 22.6 Å². The molecule has 136 valence electrons. The number of cyclic esters (lactones) is 1. The average molecular weight is 375 g/mol. The molecular formula is C17H18FN5O2S. The van der Waals surface area contributed by atoms with Gasteiger partial charge in [0.2, 0.25) is 10.3 Å². The van der Waals surface area contributed by atoms with Crippen molar-refractivity contribution in [1.29, 1.82) is 5.26 Å². The lowest BCUT2D eigenvalue weighted by molar-refractivity contribution is 0.159. The number of carbonyl (C=O) groups is 1. The third-order valence-electron chi connectivity index (χ3n) is 3.96. The van der Waals surface area contributed by atoms with Crippen molar-refractivity contribution < 1.29 is 13.9 Å². The van der Waals surface area contributed by atoms with E-state index in [1.165, 1.54) is 4.90 Å². The van der Waals surface area contributed by atoms with Crippen molar-refractivity contribution in [2.45, 2.75) is 19.6 Å². The highest BCUT2D eigenvalue weighted by Crippen LogP contribution is 2.36. The van der Waals surface area contributed by atoms with Crippen LogP contribution < -0.4 is 15.5 Å². The van der Waals surface area contributed by atoms with E-state index in [2.05, 4.69) is 15.6 Å². The van der Waals surface area contributed by atoms with E-state index in [1.807, 2.05) is 19.9 Å². The molecule has 0 aliphatic carbocycles. The zero-order valence-corrected chi connectivity index (χ0v) is 15.2. The first-order valence-corrected chi connectivity index (χ1v) is 9.00. The van der Waals surface area contributed by atoms with Gasteiger partial charge in [0, 0.05) is 5.56 Å². The summed E-state index contributed by atoms with van der Waals surface area (Å²) in [5.41, 5.74) is 1.15. The highest BCUT2D eigenvalue weighted by Gasteiger charge is 2.49. The number of rotatable bonds is 6. The molecule has 1 amide bonds. The summed E-state index contributed by atoms with van der Waals surface area (Å²) in [5.74, 6) is -0.965. The maximum Gasteiger partial charge on any atom is 0.419 e. The van der Waals surface area contributed by atoms with Gasteiger partial charge in [-0.25, -0.2) is 14.7 Å². The van der Waals surface area contributed by atoms with E-state index >= 15 is 0 Å². The Morgan fingerprint density at radius 1 is 1.35 bits per heavy atom. The van der Waals surface area contributed by atoms with Crippen molar-refractivity contribution in [3.8, 4) is 17.3 Å². The predicted octanol–water partition coefficient (Wildman–Crippen LogP) is 2.65. The maximum absolute atomic E-state index is 14.6. The first-order valence-electron chi connectivity index (χ1n) is 8.18. The van der Waals surface area contributed by atoms with Gasteiger partial charge in [-0.3, -0.25) is 10.6 Å². The fraction of sp³-hybridized carbons (Fsp3) is 0.353. The Balaban J connectivity index is 2.00. The van der Waals surface area contributed by atoms with Gasteiger partial charge in [0.1, 0.15) is 12.3 Å². The molecule has 9 heteroatoms. The van der Waals surface area contributed by atoms with Gasteiger partial charge in [-0.05, 0) is 25.2 Å². The van der Waals surface area contributed by atoms with E-state index < -0.39 is 17.0 Å². The number of halogens is 1. The lowest BCUT2D eigenvalue weighted by Gasteiger charge is -2.34. The van der Waals surface area contributed by atoms with Crippen LogP contribution in [0.5, 0.6) is 0 Å². The maximum atomic E-state index is 14.6. The Labute approximate surface area is 154 Å². The quantitative estimate of drug-likeness (QED) is 0.755. The molecule has 0 unspecified atom stereocenters. The van der Waals surface area contributed by atoms with E-state index in [0.717, 1.165) is 11.3 Å². The summed E-state index contributed by atoms with van der Waals surface area (Å²) in [4.78, 5) is 18.0. The van der Waals surface area contributed by atoms with Gasteiger partial charge in [-0.1, -0.05) is 37.3 Å². The summed E-state index contributed by atoms with van der Waals surface area (Å²) in [5, 5.41) is 15.0. The lowest BCUT2D eigenvalue weighted by Crippen LogP contribution is -2.67. The largest absolute Gasteiger partial charge is 0.444 e. The second kappa shape index (κ2) is 7.37. The summed E-state index contributed by atoms with van der Waals surface area (Å²) in [7, 11) is 0. The summed E-state index contributed by atoms with van der Waals surface area (Å²) in [6.45, 7) is 5.06. The Morgan fingerprint density at radius 2 is 2.00 bits per heavy atom. The van der Waals surface area contributed by atoms with Crippen molar-refractivity contribution in [3.63, 3.8) is 0 Å². The van der Waals surface area contributed by atoms with E-state index in [1.54, 1.807) is 24.3 Å². The molecule has 0 saturated carbocycles. The molecule has 3 rings (SSSR count). The molecule has 0 radical (unpaired) electrons. The van der Waals surface area contributed by atoms with Crippen molar-refractivity contribution in [3.05, 3.63) is 35.0 Å². The molecule has 1 fully saturated rings. The number of nitrogens with one attached hydrogen (secondary N) is 2. The number of hydrogen-bond acceptors (Lipinski definition) is 7. The van der Waals surface area contributed by atoms with Gasteiger partial charge < -0.3 is 4.74 Å². The lowest BCUT2D eigenvalue weighted by atomic mass is 10.1. The summed E-state index contributed by atoms with van der Waals surface area (Å²) >= 11 is 0.776. The van der Waals surface area contributed by atoms with Gasteiger partial charge in [0.25, 0.3) is 0 Å². The smallest absolute Gasteiger partial charge is 0.419 e. The van der Waals surface area contributed by atoms with Crippen LogP contribution >= 0.6 is 11.3 Å². The summed E-state index contributed by atoms with van der Waals surface area (Å²) in [6, 6.07) is 8.47. The first-order chi connectivity index (χ1) is 12.5. The molecule has 2 aromatic rings. The SMILES string of the molecule is CCNC1(NCC)COC(=O)N1c1nc(-c2ccc(C#N)cc2)c(F)s1. The van der Waals surface area contributed by atoms with Crippen LogP contribution in [0.1, 0.15) is 19.4 Å². The Kier molecular flexibility index (Phi) is 5.18.